The molecule has 1 aliphatic rings. The molecule has 1 atom stereocenters. The molecule has 1 fully saturated rings. The van der Waals surface area contributed by atoms with Crippen molar-refractivity contribution in [1.29, 1.82) is 0 Å². The van der Waals surface area contributed by atoms with Gasteiger partial charge in [-0.1, -0.05) is 0 Å². The maximum Gasteiger partial charge on any atom is 0.422 e. The number of nitrogens with zero attached hydrogens (tertiary/aromatic N) is 2. The van der Waals surface area contributed by atoms with Gasteiger partial charge in [0.1, 0.15) is 0 Å². The minimum absolute atomic E-state index is 0.0534. The predicted molar refractivity (Wildman–Crippen MR) is 80.9 cm³/mol. The van der Waals surface area contributed by atoms with E-state index in [1.54, 1.807) is 0 Å². The molecule has 0 aliphatic heterocycles. The van der Waals surface area contributed by atoms with Gasteiger partial charge in [0.05, 0.1) is 17.2 Å². The SMILES string of the molecule is CC(NC(=O)NCCC1(C(F)(F)F)CC1)c1ccnc(OCC(F)(F)F)n1. The number of hydrogen-bond acceptors (Lipinski definition) is 4. The van der Waals surface area contributed by atoms with E-state index in [4.69, 9.17) is 0 Å². The Balaban J connectivity index is 1.80. The molecule has 1 unspecified atom stereocenters. The summed E-state index contributed by atoms with van der Waals surface area (Å²) in [5.41, 5.74) is -1.52. The largest absolute Gasteiger partial charge is 0.454 e. The van der Waals surface area contributed by atoms with Gasteiger partial charge in [-0.2, -0.15) is 31.3 Å². The summed E-state index contributed by atoms with van der Waals surface area (Å²) in [6, 6.07) is -0.566. The number of aromatic nitrogens is 2. The highest BCUT2D eigenvalue weighted by Crippen LogP contribution is 2.59. The fraction of sp³-hybridized carbons (Fsp3) is 0.667. The number of halogens is 6. The zero-order valence-corrected chi connectivity index (χ0v) is 14.2. The number of carbonyl (C=O) groups excluding carboxylic acids is 1. The van der Waals surface area contributed by atoms with Crippen LogP contribution in [0.3, 0.4) is 0 Å². The molecule has 27 heavy (non-hydrogen) atoms. The first-order chi connectivity index (χ1) is 12.4. The molecule has 152 valence electrons. The van der Waals surface area contributed by atoms with Crippen LogP contribution >= 0.6 is 0 Å². The minimum Gasteiger partial charge on any atom is -0.454 e. The average Bonchev–Trinajstić information content (AvgIpc) is 3.33. The lowest BCUT2D eigenvalue weighted by Crippen LogP contribution is -2.39. The molecule has 0 bridgehead atoms. The summed E-state index contributed by atoms with van der Waals surface area (Å²) >= 11 is 0. The standard InChI is InChI=1S/C15H18F6N4O2/c1-9(10-2-6-23-12(25-10)27-8-14(16,17)18)24-11(26)22-7-5-13(3-4-13)15(19,20)21/h2,6,9H,3-5,7-8H2,1H3,(H2,22,24,26). The van der Waals surface area contributed by atoms with Gasteiger partial charge in [-0.05, 0) is 32.3 Å². The smallest absolute Gasteiger partial charge is 0.422 e. The summed E-state index contributed by atoms with van der Waals surface area (Å²) in [7, 11) is 0. The van der Waals surface area contributed by atoms with Crippen molar-refractivity contribution >= 4 is 6.03 Å². The number of urea groups is 1. The first-order valence-corrected chi connectivity index (χ1v) is 8.05. The van der Waals surface area contributed by atoms with Crippen LogP contribution in [0.5, 0.6) is 6.01 Å². The van der Waals surface area contributed by atoms with Crippen LogP contribution in [0.25, 0.3) is 0 Å². The van der Waals surface area contributed by atoms with Crippen molar-refractivity contribution in [1.82, 2.24) is 20.6 Å². The second-order valence-electron chi connectivity index (χ2n) is 6.32. The molecule has 1 aromatic rings. The zero-order valence-electron chi connectivity index (χ0n) is 14.2. The zero-order chi connectivity index (χ0) is 20.3. The maximum atomic E-state index is 12.8. The highest BCUT2D eigenvalue weighted by molar-refractivity contribution is 5.74. The molecule has 1 saturated carbocycles. The highest BCUT2D eigenvalue weighted by Gasteiger charge is 2.62. The fourth-order valence-corrected chi connectivity index (χ4v) is 2.37. The van der Waals surface area contributed by atoms with Crippen LogP contribution in [-0.2, 0) is 0 Å². The Labute approximate surface area is 150 Å². The van der Waals surface area contributed by atoms with E-state index in [0.717, 1.165) is 0 Å². The van der Waals surface area contributed by atoms with Crippen molar-refractivity contribution in [2.75, 3.05) is 13.2 Å². The summed E-state index contributed by atoms with van der Waals surface area (Å²) in [5.74, 6) is 0. The lowest BCUT2D eigenvalue weighted by molar-refractivity contribution is -0.188. The Hall–Kier alpha value is -2.27. The minimum atomic E-state index is -4.54. The molecule has 0 saturated heterocycles. The lowest BCUT2D eigenvalue weighted by Gasteiger charge is -2.20. The van der Waals surface area contributed by atoms with Crippen LogP contribution in [0.4, 0.5) is 31.1 Å². The number of alkyl halides is 6. The first-order valence-electron chi connectivity index (χ1n) is 8.05. The van der Waals surface area contributed by atoms with Crippen molar-refractivity contribution in [2.24, 2.45) is 5.41 Å². The predicted octanol–water partition coefficient (Wildman–Crippen LogP) is 3.51. The van der Waals surface area contributed by atoms with Crippen molar-refractivity contribution < 1.29 is 35.9 Å². The summed E-state index contributed by atoms with van der Waals surface area (Å²) in [5, 5.41) is 4.78. The molecule has 2 N–H and O–H groups in total. The van der Waals surface area contributed by atoms with Crippen LogP contribution in [0.2, 0.25) is 0 Å². The maximum absolute atomic E-state index is 12.8. The van der Waals surface area contributed by atoms with Crippen LogP contribution in [-0.4, -0.2) is 41.5 Å². The Morgan fingerprint density at radius 2 is 1.96 bits per heavy atom. The van der Waals surface area contributed by atoms with Gasteiger partial charge in [-0.15, -0.1) is 0 Å². The quantitative estimate of drug-likeness (QED) is 0.687. The van der Waals surface area contributed by atoms with Gasteiger partial charge < -0.3 is 15.4 Å². The molecule has 0 radical (unpaired) electrons. The molecule has 1 aliphatic carbocycles. The third-order valence-corrected chi connectivity index (χ3v) is 4.16. The topological polar surface area (TPSA) is 76.1 Å². The number of carbonyl (C=O) groups is 1. The number of hydrogen-bond donors (Lipinski definition) is 2. The Morgan fingerprint density at radius 1 is 1.30 bits per heavy atom. The lowest BCUT2D eigenvalue weighted by atomic mass is 10.0. The average molecular weight is 400 g/mol. The second kappa shape index (κ2) is 7.77. The van der Waals surface area contributed by atoms with E-state index in [0.29, 0.717) is 0 Å². The highest BCUT2D eigenvalue weighted by atomic mass is 19.4. The monoisotopic (exact) mass is 400 g/mol. The van der Waals surface area contributed by atoms with E-state index in [1.165, 1.54) is 19.2 Å². The molecular formula is C15H18F6N4O2. The molecule has 12 heteroatoms. The van der Waals surface area contributed by atoms with Crippen molar-refractivity contribution in [3.63, 3.8) is 0 Å². The van der Waals surface area contributed by atoms with E-state index < -0.39 is 42.5 Å². The van der Waals surface area contributed by atoms with Crippen LogP contribution in [0.1, 0.15) is 37.9 Å². The Morgan fingerprint density at radius 3 is 2.52 bits per heavy atom. The number of amides is 2. The molecule has 1 aromatic heterocycles. The van der Waals surface area contributed by atoms with Gasteiger partial charge in [0, 0.05) is 12.7 Å². The molecule has 2 rings (SSSR count). The van der Waals surface area contributed by atoms with E-state index in [-0.39, 0.29) is 31.5 Å². The van der Waals surface area contributed by atoms with Crippen LogP contribution in [0.15, 0.2) is 12.3 Å². The summed E-state index contributed by atoms with van der Waals surface area (Å²) < 4.78 is 79.2. The third kappa shape index (κ3) is 6.14. The molecule has 1 heterocycles. The molecule has 0 spiro atoms. The van der Waals surface area contributed by atoms with E-state index in [2.05, 4.69) is 25.3 Å². The first kappa shape index (κ1) is 21.0. The van der Waals surface area contributed by atoms with Crippen LogP contribution in [0, 0.1) is 5.41 Å². The number of rotatable bonds is 7. The molecule has 6 nitrogen and oxygen atoms in total. The molecule has 0 aromatic carbocycles. The van der Waals surface area contributed by atoms with Gasteiger partial charge in [-0.3, -0.25) is 0 Å². The van der Waals surface area contributed by atoms with Gasteiger partial charge in [0.25, 0.3) is 0 Å². The van der Waals surface area contributed by atoms with Gasteiger partial charge in [-0.25, -0.2) is 9.78 Å². The van der Waals surface area contributed by atoms with E-state index in [9.17, 15) is 31.1 Å². The van der Waals surface area contributed by atoms with E-state index in [1.807, 2.05) is 0 Å². The number of ether oxygens (including phenoxy) is 1. The van der Waals surface area contributed by atoms with Crippen molar-refractivity contribution in [3.8, 4) is 6.01 Å². The Kier molecular flexibility index (Phi) is 6.05. The molecular weight excluding hydrogens is 382 g/mol. The second-order valence-corrected chi connectivity index (χ2v) is 6.32. The van der Waals surface area contributed by atoms with Gasteiger partial charge in [0.15, 0.2) is 6.61 Å². The third-order valence-electron chi connectivity index (χ3n) is 4.16. The van der Waals surface area contributed by atoms with E-state index >= 15 is 0 Å². The van der Waals surface area contributed by atoms with Gasteiger partial charge in [0.2, 0.25) is 0 Å². The summed E-state index contributed by atoms with van der Waals surface area (Å²) in [6.07, 6.45) is -7.76. The van der Waals surface area contributed by atoms with Crippen molar-refractivity contribution in [2.45, 2.75) is 44.6 Å². The molecule has 2 amide bonds. The number of nitrogens with one attached hydrogen (secondary N) is 2. The van der Waals surface area contributed by atoms with Gasteiger partial charge >= 0.3 is 24.4 Å². The normalized spacial score (nSPS) is 17.1. The van der Waals surface area contributed by atoms with Crippen LogP contribution < -0.4 is 15.4 Å². The summed E-state index contributed by atoms with van der Waals surface area (Å²) in [6.45, 7) is -0.199. The Bertz CT molecular complexity index is 660. The van der Waals surface area contributed by atoms with Crippen molar-refractivity contribution in [3.05, 3.63) is 18.0 Å². The fourth-order valence-electron chi connectivity index (χ4n) is 2.37. The summed E-state index contributed by atoms with van der Waals surface area (Å²) in [4.78, 5) is 19.1.